The van der Waals surface area contributed by atoms with Crippen molar-refractivity contribution in [3.63, 3.8) is 0 Å². The van der Waals surface area contributed by atoms with Crippen LogP contribution in [0.4, 0.5) is 17.1 Å². The van der Waals surface area contributed by atoms with Gasteiger partial charge in [0.15, 0.2) is 0 Å². The minimum absolute atomic E-state index is 0.0961. The fourth-order valence-corrected chi connectivity index (χ4v) is 7.22. The number of hydrogen-bond donors (Lipinski definition) is 0. The van der Waals surface area contributed by atoms with E-state index in [4.69, 9.17) is 0 Å². The van der Waals surface area contributed by atoms with E-state index >= 15 is 0 Å². The van der Waals surface area contributed by atoms with Crippen LogP contribution in [0.25, 0.3) is 44.2 Å². The summed E-state index contributed by atoms with van der Waals surface area (Å²) in [5.74, 6) is 0. The average Bonchev–Trinajstić information content (AvgIpc) is 3.32. The minimum Gasteiger partial charge on any atom is -0.310 e. The van der Waals surface area contributed by atoms with E-state index in [9.17, 15) is 0 Å². The molecule has 0 aromatic heterocycles. The maximum absolute atomic E-state index is 2.45. The number of nitrogens with zero attached hydrogens (tertiary/aromatic N) is 1. The van der Waals surface area contributed by atoms with Crippen molar-refractivity contribution in [3.05, 3.63) is 174 Å². The third-order valence-electron chi connectivity index (χ3n) is 9.57. The molecular formula is C44H35N. The Morgan fingerprint density at radius 3 is 1.76 bits per heavy atom. The largest absolute Gasteiger partial charge is 0.310 e. The highest BCUT2D eigenvalue weighted by Gasteiger charge is 2.36. The van der Waals surface area contributed by atoms with Crippen LogP contribution in [-0.4, -0.2) is 0 Å². The Morgan fingerprint density at radius 2 is 1.04 bits per heavy atom. The average molecular weight is 578 g/mol. The smallest absolute Gasteiger partial charge is 0.0546 e. The van der Waals surface area contributed by atoms with E-state index in [0.717, 1.165) is 17.1 Å². The van der Waals surface area contributed by atoms with Crippen LogP contribution < -0.4 is 4.90 Å². The molecule has 0 saturated carbocycles. The predicted octanol–water partition coefficient (Wildman–Crippen LogP) is 12.3. The first kappa shape index (κ1) is 27.2. The van der Waals surface area contributed by atoms with Crippen LogP contribution in [0.5, 0.6) is 0 Å². The molecule has 0 spiro atoms. The Bertz CT molecular complexity index is 2170. The number of anilines is 3. The topological polar surface area (TPSA) is 3.24 Å². The SMILES string of the molecule is Cc1cccc2c1-c1ccc(N(c3ccc(-c4ccccc4)cc3)c3cc4ccccc4cc3-c3ccccc3)cc1C2(C)C. The first-order valence-corrected chi connectivity index (χ1v) is 15.8. The second-order valence-electron chi connectivity index (χ2n) is 12.7. The number of fused-ring (bicyclic) bond motifs is 4. The summed E-state index contributed by atoms with van der Waals surface area (Å²) in [6.45, 7) is 6.97. The zero-order chi connectivity index (χ0) is 30.5. The first-order valence-electron chi connectivity index (χ1n) is 15.8. The molecule has 8 rings (SSSR count). The van der Waals surface area contributed by atoms with Crippen molar-refractivity contribution in [2.45, 2.75) is 26.2 Å². The number of hydrogen-bond acceptors (Lipinski definition) is 1. The molecular weight excluding hydrogens is 542 g/mol. The standard InChI is InChI=1S/C44H35N/c1-30-13-12-20-40-43(30)38-26-25-37(29-41(38)44(40,2)3)45(36-23-21-32(22-24-36)31-14-6-4-7-15-31)42-28-35-19-11-10-18-34(35)27-39(42)33-16-8-5-9-17-33/h4-29H,1-3H3. The molecule has 1 aliphatic rings. The highest BCUT2D eigenvalue weighted by atomic mass is 15.1. The lowest BCUT2D eigenvalue weighted by atomic mass is 9.82. The van der Waals surface area contributed by atoms with E-state index in [-0.39, 0.29) is 5.41 Å². The summed E-state index contributed by atoms with van der Waals surface area (Å²) in [6.07, 6.45) is 0. The molecule has 0 fully saturated rings. The lowest BCUT2D eigenvalue weighted by Crippen LogP contribution is -2.17. The summed E-state index contributed by atoms with van der Waals surface area (Å²) in [6, 6.07) is 57.7. The van der Waals surface area contributed by atoms with Gasteiger partial charge in [-0.15, -0.1) is 0 Å². The number of benzene rings is 7. The summed E-state index contributed by atoms with van der Waals surface area (Å²) in [5, 5.41) is 2.46. The first-order chi connectivity index (χ1) is 22.0. The molecule has 1 aliphatic carbocycles. The Labute approximate surface area is 266 Å². The van der Waals surface area contributed by atoms with Crippen molar-refractivity contribution in [1.29, 1.82) is 0 Å². The molecule has 216 valence electrons. The van der Waals surface area contributed by atoms with Gasteiger partial charge in [-0.05, 0) is 98.6 Å². The van der Waals surface area contributed by atoms with Crippen LogP contribution >= 0.6 is 0 Å². The summed E-state index contributed by atoms with van der Waals surface area (Å²) in [4.78, 5) is 2.45. The Hall–Kier alpha value is -5.40. The van der Waals surface area contributed by atoms with Crippen molar-refractivity contribution in [2.24, 2.45) is 0 Å². The molecule has 7 aromatic carbocycles. The van der Waals surface area contributed by atoms with E-state index in [0.29, 0.717) is 0 Å². The van der Waals surface area contributed by atoms with Gasteiger partial charge in [0.1, 0.15) is 0 Å². The van der Waals surface area contributed by atoms with Crippen LogP contribution in [0.2, 0.25) is 0 Å². The van der Waals surface area contributed by atoms with Crippen molar-refractivity contribution in [1.82, 2.24) is 0 Å². The molecule has 0 bridgehead atoms. The molecule has 1 heteroatoms. The molecule has 45 heavy (non-hydrogen) atoms. The Kier molecular flexibility index (Phi) is 6.43. The van der Waals surface area contributed by atoms with Gasteiger partial charge in [0.05, 0.1) is 5.69 Å². The lowest BCUT2D eigenvalue weighted by Gasteiger charge is -2.30. The van der Waals surface area contributed by atoms with Gasteiger partial charge in [-0.2, -0.15) is 0 Å². The van der Waals surface area contributed by atoms with E-state index in [1.54, 1.807) is 0 Å². The molecule has 0 atom stereocenters. The fraction of sp³-hybridized carbons (Fsp3) is 0.0909. The van der Waals surface area contributed by atoms with Gasteiger partial charge in [-0.3, -0.25) is 0 Å². The zero-order valence-corrected chi connectivity index (χ0v) is 26.0. The summed E-state index contributed by atoms with van der Waals surface area (Å²) < 4.78 is 0. The zero-order valence-electron chi connectivity index (χ0n) is 26.0. The van der Waals surface area contributed by atoms with Gasteiger partial charge >= 0.3 is 0 Å². The van der Waals surface area contributed by atoms with Crippen molar-refractivity contribution < 1.29 is 0 Å². The fourth-order valence-electron chi connectivity index (χ4n) is 7.22. The monoisotopic (exact) mass is 577 g/mol. The van der Waals surface area contributed by atoms with E-state index in [1.807, 2.05) is 0 Å². The maximum atomic E-state index is 2.45. The van der Waals surface area contributed by atoms with Gasteiger partial charge < -0.3 is 4.90 Å². The molecule has 0 unspecified atom stereocenters. The van der Waals surface area contributed by atoms with Gasteiger partial charge in [0.25, 0.3) is 0 Å². The number of aryl methyl sites for hydroxylation is 1. The van der Waals surface area contributed by atoms with E-state index in [1.165, 1.54) is 60.8 Å². The van der Waals surface area contributed by atoms with Gasteiger partial charge in [-0.1, -0.05) is 135 Å². The molecule has 1 nitrogen and oxygen atoms in total. The molecule has 0 saturated heterocycles. The summed E-state index contributed by atoms with van der Waals surface area (Å²) >= 11 is 0. The summed E-state index contributed by atoms with van der Waals surface area (Å²) in [5.41, 5.74) is 15.0. The van der Waals surface area contributed by atoms with Crippen LogP contribution in [0.1, 0.15) is 30.5 Å². The molecule has 0 aliphatic heterocycles. The second-order valence-corrected chi connectivity index (χ2v) is 12.7. The molecule has 0 N–H and O–H groups in total. The normalized spacial score (nSPS) is 13.0. The van der Waals surface area contributed by atoms with E-state index in [2.05, 4.69) is 183 Å². The third-order valence-corrected chi connectivity index (χ3v) is 9.57. The van der Waals surface area contributed by atoms with Crippen LogP contribution in [0, 0.1) is 6.92 Å². The van der Waals surface area contributed by atoms with Gasteiger partial charge in [0, 0.05) is 22.4 Å². The van der Waals surface area contributed by atoms with Gasteiger partial charge in [-0.25, -0.2) is 0 Å². The molecule has 0 heterocycles. The highest BCUT2D eigenvalue weighted by Crippen LogP contribution is 2.52. The second kappa shape index (κ2) is 10.6. The van der Waals surface area contributed by atoms with Gasteiger partial charge in [0.2, 0.25) is 0 Å². The number of rotatable bonds is 5. The Balaban J connectivity index is 1.37. The summed E-state index contributed by atoms with van der Waals surface area (Å²) in [7, 11) is 0. The van der Waals surface area contributed by atoms with Crippen LogP contribution in [-0.2, 0) is 5.41 Å². The van der Waals surface area contributed by atoms with Crippen LogP contribution in [0.15, 0.2) is 158 Å². The lowest BCUT2D eigenvalue weighted by molar-refractivity contribution is 0.660. The highest BCUT2D eigenvalue weighted by molar-refractivity contribution is 5.99. The molecule has 0 amide bonds. The maximum Gasteiger partial charge on any atom is 0.0546 e. The predicted molar refractivity (Wildman–Crippen MR) is 192 cm³/mol. The molecule has 7 aromatic rings. The van der Waals surface area contributed by atoms with Crippen molar-refractivity contribution >= 4 is 27.8 Å². The quantitative estimate of drug-likeness (QED) is 0.197. The Morgan fingerprint density at radius 1 is 0.444 bits per heavy atom. The molecule has 0 radical (unpaired) electrons. The third kappa shape index (κ3) is 4.55. The van der Waals surface area contributed by atoms with Crippen molar-refractivity contribution in [3.8, 4) is 33.4 Å². The van der Waals surface area contributed by atoms with Crippen LogP contribution in [0.3, 0.4) is 0 Å². The minimum atomic E-state index is -0.0961. The van der Waals surface area contributed by atoms with Crippen molar-refractivity contribution in [2.75, 3.05) is 4.90 Å². The van der Waals surface area contributed by atoms with E-state index < -0.39 is 0 Å².